The Kier molecular flexibility index (Phi) is 4.28. The summed E-state index contributed by atoms with van der Waals surface area (Å²) in [6.07, 6.45) is -6.41. The quantitative estimate of drug-likeness (QED) is 0.256. The summed E-state index contributed by atoms with van der Waals surface area (Å²) in [6.45, 7) is 0.0298. The van der Waals surface area contributed by atoms with Crippen LogP contribution in [-0.2, 0) is 9.30 Å². The molecule has 0 saturated carbocycles. The molecule has 5 atom stereocenters. The number of aliphatic hydroxyl groups is 3. The van der Waals surface area contributed by atoms with Gasteiger partial charge in [0.1, 0.15) is 24.0 Å². The maximum atomic E-state index is 12.0. The number of rotatable bonds is 3. The van der Waals surface area contributed by atoms with E-state index in [1.54, 1.807) is 7.05 Å². The van der Waals surface area contributed by atoms with Gasteiger partial charge in [-0.2, -0.15) is 4.98 Å². The third-order valence-electron chi connectivity index (χ3n) is 4.13. The maximum absolute atomic E-state index is 12.0. The van der Waals surface area contributed by atoms with Gasteiger partial charge < -0.3 is 45.4 Å². The van der Waals surface area contributed by atoms with E-state index in [0.717, 1.165) is 0 Å². The normalized spacial score (nSPS) is 30.6. The lowest BCUT2D eigenvalue weighted by molar-refractivity contribution is -0.0440. The first-order chi connectivity index (χ1) is 11.5. The summed E-state index contributed by atoms with van der Waals surface area (Å²) in [4.78, 5) is 39.3. The number of ether oxygens (including phenoxy) is 1. The molecule has 8 N–H and O–H groups in total. The fraction of sp³-hybridized carbons (Fsp3) is 0.636. The first-order valence-electron chi connectivity index (χ1n) is 7.15. The van der Waals surface area contributed by atoms with Crippen LogP contribution in [-0.4, -0.2) is 79.2 Å². The lowest BCUT2D eigenvalue weighted by atomic mass is 10.1. The topological polar surface area (TPSA) is 206 Å². The van der Waals surface area contributed by atoms with E-state index in [-0.39, 0.29) is 24.1 Å². The highest BCUT2D eigenvalue weighted by Gasteiger charge is 2.54. The fourth-order valence-electron chi connectivity index (χ4n) is 2.96. The predicted molar refractivity (Wildman–Crippen MR) is 83.7 cm³/mol. The molecule has 0 bridgehead atoms. The zero-order valence-electron chi connectivity index (χ0n) is 12.9. The number of anilines is 3. The van der Waals surface area contributed by atoms with E-state index in [4.69, 9.17) is 20.3 Å². The van der Waals surface area contributed by atoms with Gasteiger partial charge in [0.2, 0.25) is 5.95 Å². The van der Waals surface area contributed by atoms with Crippen LogP contribution in [0.25, 0.3) is 0 Å². The van der Waals surface area contributed by atoms with Crippen LogP contribution < -0.4 is 21.1 Å². The molecule has 3 rings (SSSR count). The number of hydrogen-bond donors (Lipinski definition) is 7. The number of hydrogen-bond acceptors (Lipinski definition) is 10. The van der Waals surface area contributed by atoms with Crippen LogP contribution >= 0.6 is 7.60 Å². The molecule has 140 valence electrons. The molecule has 0 aliphatic carbocycles. The minimum absolute atomic E-state index is 0.0298. The molecule has 0 aromatic carbocycles. The van der Waals surface area contributed by atoms with Gasteiger partial charge in [-0.3, -0.25) is 14.3 Å². The predicted octanol–water partition coefficient (Wildman–Crippen LogP) is -3.49. The Morgan fingerprint density at radius 3 is 2.64 bits per heavy atom. The van der Waals surface area contributed by atoms with E-state index in [0.29, 0.717) is 0 Å². The highest BCUT2D eigenvalue weighted by atomic mass is 31.2. The van der Waals surface area contributed by atoms with Crippen molar-refractivity contribution in [3.63, 3.8) is 0 Å². The van der Waals surface area contributed by atoms with Gasteiger partial charge in [0.05, 0.1) is 6.67 Å². The summed E-state index contributed by atoms with van der Waals surface area (Å²) in [5.74, 6) is -2.42. The SMILES string of the molecule is CN1CN(C2OC(C(O)P(=O)(O)O)C(O)C2O)c2nc(N)[nH]c(=O)c21. The number of nitrogens with one attached hydrogen (secondary N) is 1. The first kappa shape index (κ1) is 18.1. The fourth-order valence-corrected chi connectivity index (χ4v) is 3.59. The Bertz CT molecular complexity index is 782. The van der Waals surface area contributed by atoms with Gasteiger partial charge in [-0.15, -0.1) is 0 Å². The molecule has 2 aliphatic heterocycles. The Morgan fingerprint density at radius 2 is 2.04 bits per heavy atom. The van der Waals surface area contributed by atoms with Gasteiger partial charge in [0.25, 0.3) is 5.56 Å². The highest BCUT2D eigenvalue weighted by Crippen LogP contribution is 2.46. The number of nitrogen functional groups attached to an aromatic ring is 1. The van der Waals surface area contributed by atoms with Crippen molar-refractivity contribution in [2.75, 3.05) is 29.2 Å². The molecule has 14 heteroatoms. The largest absolute Gasteiger partial charge is 0.387 e. The van der Waals surface area contributed by atoms with Gasteiger partial charge in [-0.05, 0) is 0 Å². The van der Waals surface area contributed by atoms with Crippen LogP contribution in [0, 0.1) is 0 Å². The number of nitrogens with zero attached hydrogens (tertiary/aromatic N) is 3. The molecular weight excluding hydrogens is 361 g/mol. The molecule has 1 saturated heterocycles. The summed E-state index contributed by atoms with van der Waals surface area (Å²) >= 11 is 0. The van der Waals surface area contributed by atoms with Gasteiger partial charge in [0, 0.05) is 7.05 Å². The Morgan fingerprint density at radius 1 is 1.40 bits per heavy atom. The van der Waals surface area contributed by atoms with Gasteiger partial charge in [-0.1, -0.05) is 0 Å². The van der Waals surface area contributed by atoms with Crippen molar-refractivity contribution in [3.05, 3.63) is 10.4 Å². The van der Waals surface area contributed by atoms with Crippen molar-refractivity contribution in [2.45, 2.75) is 30.4 Å². The monoisotopic (exact) mass is 379 g/mol. The molecular formula is C11H18N5O8P. The molecule has 25 heavy (non-hydrogen) atoms. The molecule has 2 aliphatic rings. The van der Waals surface area contributed by atoms with Crippen LogP contribution in [0.3, 0.4) is 0 Å². The Labute approximate surface area is 140 Å². The summed E-state index contributed by atoms with van der Waals surface area (Å²) in [6, 6.07) is 0. The van der Waals surface area contributed by atoms with Crippen LogP contribution in [0.2, 0.25) is 0 Å². The molecule has 3 heterocycles. The van der Waals surface area contributed by atoms with Crippen LogP contribution in [0.5, 0.6) is 0 Å². The van der Waals surface area contributed by atoms with Gasteiger partial charge in [-0.25, -0.2) is 0 Å². The minimum atomic E-state index is -4.98. The van der Waals surface area contributed by atoms with Crippen molar-refractivity contribution in [3.8, 4) is 0 Å². The van der Waals surface area contributed by atoms with E-state index in [1.807, 2.05) is 0 Å². The summed E-state index contributed by atoms with van der Waals surface area (Å²) in [5, 5.41) is 29.9. The first-order valence-corrected chi connectivity index (χ1v) is 8.83. The highest BCUT2D eigenvalue weighted by molar-refractivity contribution is 7.52. The summed E-state index contributed by atoms with van der Waals surface area (Å²) in [7, 11) is -3.41. The molecule has 0 amide bonds. The van der Waals surface area contributed by atoms with E-state index in [2.05, 4.69) is 9.97 Å². The zero-order valence-corrected chi connectivity index (χ0v) is 13.8. The van der Waals surface area contributed by atoms with Crippen molar-refractivity contribution in [1.82, 2.24) is 9.97 Å². The van der Waals surface area contributed by atoms with Gasteiger partial charge in [0.15, 0.2) is 17.9 Å². The smallest absolute Gasteiger partial charge is 0.356 e. The van der Waals surface area contributed by atoms with Gasteiger partial charge >= 0.3 is 7.60 Å². The molecule has 1 aromatic rings. The van der Waals surface area contributed by atoms with Crippen molar-refractivity contribution < 1.29 is 34.4 Å². The second kappa shape index (κ2) is 5.92. The van der Waals surface area contributed by atoms with E-state index in [9.17, 15) is 24.7 Å². The molecule has 5 unspecified atom stereocenters. The number of aromatic nitrogens is 2. The Balaban J connectivity index is 1.95. The number of aliphatic hydroxyl groups excluding tert-OH is 3. The van der Waals surface area contributed by atoms with Crippen molar-refractivity contribution in [1.29, 1.82) is 0 Å². The molecule has 0 spiro atoms. The lowest BCUT2D eigenvalue weighted by Gasteiger charge is -2.27. The molecule has 13 nitrogen and oxygen atoms in total. The average molecular weight is 379 g/mol. The molecule has 1 aromatic heterocycles. The van der Waals surface area contributed by atoms with E-state index in [1.165, 1.54) is 9.80 Å². The Hall–Kier alpha value is -1.73. The maximum Gasteiger partial charge on any atom is 0.356 e. The van der Waals surface area contributed by atoms with Crippen LogP contribution in [0.1, 0.15) is 0 Å². The van der Waals surface area contributed by atoms with Crippen LogP contribution in [0.15, 0.2) is 4.79 Å². The zero-order chi connectivity index (χ0) is 18.7. The van der Waals surface area contributed by atoms with Crippen molar-refractivity contribution >= 4 is 25.0 Å². The second-order valence-corrected chi connectivity index (χ2v) is 7.61. The molecule has 1 fully saturated rings. The third-order valence-corrected chi connectivity index (χ3v) is 5.12. The lowest BCUT2D eigenvalue weighted by Crippen LogP contribution is -2.45. The summed E-state index contributed by atoms with van der Waals surface area (Å²) in [5.41, 5.74) is 5.16. The standard InChI is InChI=1S/C11H18N5O8P/c1-15-2-16(7-3(15)8(19)14-11(12)13-7)9-5(18)4(17)6(24-9)10(20)25(21,22)23/h4-6,9-10,17-18,20H,2H2,1H3,(H2,21,22,23)(H3,12,13,14,19). The average Bonchev–Trinajstić information content (AvgIpc) is 2.96. The number of aromatic amines is 1. The molecule has 0 radical (unpaired) electrons. The number of nitrogens with two attached hydrogens (primary N) is 1. The third kappa shape index (κ3) is 2.89. The van der Waals surface area contributed by atoms with E-state index >= 15 is 0 Å². The van der Waals surface area contributed by atoms with E-state index < -0.39 is 43.5 Å². The second-order valence-electron chi connectivity index (χ2n) is 5.91. The summed E-state index contributed by atoms with van der Waals surface area (Å²) < 4.78 is 16.5. The minimum Gasteiger partial charge on any atom is -0.387 e. The number of fused-ring (bicyclic) bond motifs is 1. The van der Waals surface area contributed by atoms with Crippen LogP contribution in [0.4, 0.5) is 17.5 Å². The number of H-pyrrole nitrogens is 1. The van der Waals surface area contributed by atoms with Crippen molar-refractivity contribution in [2.24, 2.45) is 0 Å².